The fourth-order valence-corrected chi connectivity index (χ4v) is 7.01. The summed E-state index contributed by atoms with van der Waals surface area (Å²) >= 11 is 9.76. The topological polar surface area (TPSA) is 86.8 Å². The highest BCUT2D eigenvalue weighted by atomic mass is 79.9. The number of hydrogen-bond donors (Lipinski definition) is 1. The van der Waals surface area contributed by atoms with Gasteiger partial charge in [-0.2, -0.15) is 0 Å². The van der Waals surface area contributed by atoms with Crippen LogP contribution in [0.25, 0.3) is 0 Å². The van der Waals surface area contributed by atoms with E-state index in [1.807, 2.05) is 54.6 Å². The molecule has 230 valence electrons. The van der Waals surface area contributed by atoms with Gasteiger partial charge in [-0.1, -0.05) is 88.9 Å². The van der Waals surface area contributed by atoms with Gasteiger partial charge in [-0.05, 0) is 67.1 Å². The van der Waals surface area contributed by atoms with Gasteiger partial charge in [0.2, 0.25) is 21.8 Å². The molecular weight excluding hydrogens is 650 g/mol. The second kappa shape index (κ2) is 15.2. The minimum absolute atomic E-state index is 0.0736. The highest BCUT2D eigenvalue weighted by Gasteiger charge is 2.32. The Morgan fingerprint density at radius 2 is 1.65 bits per heavy atom. The molecule has 10 heteroatoms. The lowest BCUT2D eigenvalue weighted by molar-refractivity contribution is -0.141. The van der Waals surface area contributed by atoms with Crippen molar-refractivity contribution < 1.29 is 18.0 Å². The molecule has 0 unspecified atom stereocenters. The number of hydrogen-bond acceptors (Lipinski definition) is 4. The van der Waals surface area contributed by atoms with Gasteiger partial charge < -0.3 is 10.2 Å². The van der Waals surface area contributed by atoms with E-state index >= 15 is 0 Å². The molecule has 1 fully saturated rings. The number of nitrogens with zero attached hydrogens (tertiary/aromatic N) is 2. The Balaban J connectivity index is 1.59. The molecule has 0 heterocycles. The number of nitrogens with one attached hydrogen (secondary N) is 1. The summed E-state index contributed by atoms with van der Waals surface area (Å²) in [6.45, 7) is 2.14. The third-order valence-electron chi connectivity index (χ3n) is 7.90. The predicted molar refractivity (Wildman–Crippen MR) is 177 cm³/mol. The molecule has 0 aromatic heterocycles. The Morgan fingerprint density at radius 3 is 2.30 bits per heavy atom. The van der Waals surface area contributed by atoms with Crippen LogP contribution in [-0.2, 0) is 32.6 Å². The summed E-state index contributed by atoms with van der Waals surface area (Å²) in [4.78, 5) is 29.5. The molecule has 1 aliphatic carbocycles. The van der Waals surface area contributed by atoms with E-state index in [9.17, 15) is 18.0 Å². The monoisotopic (exact) mass is 687 g/mol. The van der Waals surface area contributed by atoms with Crippen molar-refractivity contribution in [3.05, 3.63) is 99.0 Å². The van der Waals surface area contributed by atoms with E-state index in [1.54, 1.807) is 30.0 Å². The SMILES string of the molecule is Cc1c(Cl)cccc1N(CCCC(=O)N(Cc1ccc(Br)cc1)[C@@H](Cc1ccccc1)C(=O)NC1CCCC1)S(C)(=O)=O. The van der Waals surface area contributed by atoms with Gasteiger partial charge in [0.25, 0.3) is 0 Å². The summed E-state index contributed by atoms with van der Waals surface area (Å²) in [6.07, 6.45) is 5.92. The van der Waals surface area contributed by atoms with Crippen molar-refractivity contribution in [3.8, 4) is 0 Å². The summed E-state index contributed by atoms with van der Waals surface area (Å²) in [5.41, 5.74) is 3.01. The van der Waals surface area contributed by atoms with Crippen molar-refractivity contribution in [2.24, 2.45) is 0 Å². The van der Waals surface area contributed by atoms with Crippen molar-refractivity contribution in [2.45, 2.75) is 70.5 Å². The van der Waals surface area contributed by atoms with Crippen molar-refractivity contribution >= 4 is 55.1 Å². The first-order valence-corrected chi connectivity index (χ1v) is 17.7. The molecule has 3 aromatic rings. The van der Waals surface area contributed by atoms with Crippen LogP contribution < -0.4 is 9.62 Å². The second-order valence-electron chi connectivity index (χ2n) is 11.2. The highest BCUT2D eigenvalue weighted by Crippen LogP contribution is 2.29. The first kappa shape index (κ1) is 33.0. The van der Waals surface area contributed by atoms with E-state index in [1.165, 1.54) is 4.31 Å². The highest BCUT2D eigenvalue weighted by molar-refractivity contribution is 9.10. The van der Waals surface area contributed by atoms with E-state index < -0.39 is 16.1 Å². The summed E-state index contributed by atoms with van der Waals surface area (Å²) in [5.74, 6) is -0.366. The third kappa shape index (κ3) is 9.30. The Bertz CT molecular complexity index is 1500. The van der Waals surface area contributed by atoms with Gasteiger partial charge in [0.05, 0.1) is 11.9 Å². The lowest BCUT2D eigenvalue weighted by Crippen LogP contribution is -2.52. The molecule has 1 N–H and O–H groups in total. The van der Waals surface area contributed by atoms with E-state index in [0.717, 1.165) is 47.5 Å². The maximum atomic E-state index is 14.0. The molecule has 0 bridgehead atoms. The lowest BCUT2D eigenvalue weighted by atomic mass is 10.0. The Labute approximate surface area is 268 Å². The van der Waals surface area contributed by atoms with Crippen LogP contribution in [0, 0.1) is 6.92 Å². The number of benzene rings is 3. The van der Waals surface area contributed by atoms with Crippen LogP contribution in [0.2, 0.25) is 5.02 Å². The summed E-state index contributed by atoms with van der Waals surface area (Å²) in [7, 11) is -3.63. The summed E-state index contributed by atoms with van der Waals surface area (Å²) in [5, 5.41) is 3.69. The Morgan fingerprint density at radius 1 is 0.977 bits per heavy atom. The van der Waals surface area contributed by atoms with Gasteiger partial charge in [0.1, 0.15) is 6.04 Å². The molecule has 0 aliphatic heterocycles. The molecule has 2 amide bonds. The zero-order valence-corrected chi connectivity index (χ0v) is 27.8. The van der Waals surface area contributed by atoms with Crippen LogP contribution in [0.4, 0.5) is 5.69 Å². The predicted octanol–water partition coefficient (Wildman–Crippen LogP) is 6.66. The first-order valence-electron chi connectivity index (χ1n) is 14.6. The van der Waals surface area contributed by atoms with Crippen LogP contribution in [0.15, 0.2) is 77.3 Å². The van der Waals surface area contributed by atoms with Crippen LogP contribution in [0.1, 0.15) is 55.2 Å². The zero-order chi connectivity index (χ0) is 31.0. The molecule has 0 saturated heterocycles. The summed E-state index contributed by atoms with van der Waals surface area (Å²) < 4.78 is 27.8. The minimum Gasteiger partial charge on any atom is -0.352 e. The second-order valence-corrected chi connectivity index (χ2v) is 14.4. The van der Waals surface area contributed by atoms with Gasteiger partial charge >= 0.3 is 0 Å². The molecule has 7 nitrogen and oxygen atoms in total. The van der Waals surface area contributed by atoms with Crippen LogP contribution in [0.5, 0.6) is 0 Å². The van der Waals surface area contributed by atoms with E-state index in [0.29, 0.717) is 22.7 Å². The Hall–Kier alpha value is -2.88. The third-order valence-corrected chi connectivity index (χ3v) is 10.0. The molecular formula is C33H39BrClN3O4S. The quantitative estimate of drug-likeness (QED) is 0.218. The maximum Gasteiger partial charge on any atom is 0.243 e. The average molecular weight is 689 g/mol. The lowest BCUT2D eigenvalue weighted by Gasteiger charge is -2.33. The molecule has 0 spiro atoms. The van der Waals surface area contributed by atoms with Crippen LogP contribution >= 0.6 is 27.5 Å². The van der Waals surface area contributed by atoms with Crippen LogP contribution in [-0.4, -0.2) is 50.0 Å². The minimum atomic E-state index is -3.63. The average Bonchev–Trinajstić information content (AvgIpc) is 3.48. The van der Waals surface area contributed by atoms with Crippen molar-refractivity contribution in [1.29, 1.82) is 0 Å². The maximum absolute atomic E-state index is 14.0. The number of halogens is 2. The molecule has 1 atom stereocenters. The normalized spacial score (nSPS) is 14.3. The number of rotatable bonds is 13. The standard InChI is InChI=1S/C33H39BrClN3O4S/c1-24-29(35)14-8-15-30(24)38(43(2,41)42)21-9-16-32(39)37(23-26-17-19-27(34)20-18-26)31(22-25-10-4-3-5-11-25)33(40)36-28-12-6-7-13-28/h3-5,8,10-11,14-15,17-20,28,31H,6-7,9,12-13,16,21-23H2,1-2H3,(H,36,40)/t31-/m0/s1. The zero-order valence-electron chi connectivity index (χ0n) is 24.6. The molecule has 4 rings (SSSR count). The number of amides is 2. The molecule has 43 heavy (non-hydrogen) atoms. The Kier molecular flexibility index (Phi) is 11.7. The number of anilines is 1. The number of carbonyl (C=O) groups is 2. The smallest absolute Gasteiger partial charge is 0.243 e. The number of carbonyl (C=O) groups excluding carboxylic acids is 2. The van der Waals surface area contributed by atoms with Gasteiger partial charge in [0, 0.05) is 41.5 Å². The molecule has 0 radical (unpaired) electrons. The van der Waals surface area contributed by atoms with Crippen molar-refractivity contribution in [2.75, 3.05) is 17.1 Å². The van der Waals surface area contributed by atoms with Gasteiger partial charge in [0.15, 0.2) is 0 Å². The van der Waals surface area contributed by atoms with E-state index in [2.05, 4.69) is 21.2 Å². The largest absolute Gasteiger partial charge is 0.352 e. The fraction of sp³-hybridized carbons (Fsp3) is 0.394. The van der Waals surface area contributed by atoms with E-state index in [4.69, 9.17) is 11.6 Å². The first-order chi connectivity index (χ1) is 20.5. The molecule has 3 aromatic carbocycles. The molecule has 1 aliphatic rings. The van der Waals surface area contributed by atoms with Gasteiger partial charge in [-0.25, -0.2) is 8.42 Å². The summed E-state index contributed by atoms with van der Waals surface area (Å²) in [6, 6.07) is 22.0. The van der Waals surface area contributed by atoms with Crippen molar-refractivity contribution in [3.63, 3.8) is 0 Å². The fourth-order valence-electron chi connectivity index (χ4n) is 5.56. The van der Waals surface area contributed by atoms with Gasteiger partial charge in [-0.15, -0.1) is 0 Å². The van der Waals surface area contributed by atoms with Crippen LogP contribution in [0.3, 0.4) is 0 Å². The van der Waals surface area contributed by atoms with E-state index in [-0.39, 0.29) is 43.8 Å². The molecule has 1 saturated carbocycles. The van der Waals surface area contributed by atoms with Crippen molar-refractivity contribution in [1.82, 2.24) is 10.2 Å². The number of sulfonamides is 1. The van der Waals surface area contributed by atoms with Gasteiger partial charge in [-0.3, -0.25) is 13.9 Å².